The van der Waals surface area contributed by atoms with Crippen LogP contribution in [0.15, 0.2) is 52.9 Å². The number of benzene rings is 2. The number of hydrogen-bond acceptors (Lipinski definition) is 6. The summed E-state index contributed by atoms with van der Waals surface area (Å²) in [6.07, 6.45) is 5.74. The highest BCUT2D eigenvalue weighted by Gasteiger charge is 2.24. The van der Waals surface area contributed by atoms with Crippen LogP contribution in [0.3, 0.4) is 0 Å². The van der Waals surface area contributed by atoms with Crippen LogP contribution >= 0.6 is 0 Å². The summed E-state index contributed by atoms with van der Waals surface area (Å²) in [5.74, 6) is 0.0580. The van der Waals surface area contributed by atoms with E-state index >= 15 is 0 Å². The van der Waals surface area contributed by atoms with E-state index in [1.54, 1.807) is 11.0 Å². The van der Waals surface area contributed by atoms with Crippen LogP contribution in [-0.4, -0.2) is 53.1 Å². The minimum absolute atomic E-state index is 0.156. The lowest BCUT2D eigenvalue weighted by molar-refractivity contribution is -0.138. The number of carboxylic acid groups (broad SMARTS) is 1. The third kappa shape index (κ3) is 6.07. The van der Waals surface area contributed by atoms with E-state index in [9.17, 15) is 14.7 Å². The van der Waals surface area contributed by atoms with Crippen LogP contribution < -0.4 is 10.1 Å². The van der Waals surface area contributed by atoms with E-state index < -0.39 is 12.0 Å². The summed E-state index contributed by atoms with van der Waals surface area (Å²) >= 11 is 0. The lowest BCUT2D eigenvalue weighted by Crippen LogP contribution is -2.36. The molecule has 2 N–H and O–H groups in total. The standard InChI is InChI=1S/C26H31N3O5/c1-29(24(30)19-7-3-2-4-8-19)15-16-33-20-13-11-18(12-14-20)17-22(25(31)32)28-26-27-21-9-5-6-10-23(21)34-26/h5-6,9-14,19,22H,2-4,7-8,15-17H2,1H3,(H,27,28)(H,31,32)/t22-/m0/s1. The van der Waals surface area contributed by atoms with Crippen molar-refractivity contribution in [2.45, 2.75) is 44.6 Å². The summed E-state index contributed by atoms with van der Waals surface area (Å²) in [4.78, 5) is 30.4. The molecule has 1 aromatic heterocycles. The second-order valence-corrected chi connectivity index (χ2v) is 8.81. The molecule has 0 spiro atoms. The zero-order valence-corrected chi connectivity index (χ0v) is 19.4. The molecule has 3 aromatic rings. The van der Waals surface area contributed by atoms with Crippen LogP contribution in [0.5, 0.6) is 5.75 Å². The zero-order chi connectivity index (χ0) is 23.9. The Morgan fingerprint density at radius 2 is 1.88 bits per heavy atom. The second-order valence-electron chi connectivity index (χ2n) is 8.81. The monoisotopic (exact) mass is 465 g/mol. The van der Waals surface area contributed by atoms with E-state index in [4.69, 9.17) is 9.15 Å². The number of para-hydroxylation sites is 2. The summed E-state index contributed by atoms with van der Waals surface area (Å²) in [6, 6.07) is 13.9. The SMILES string of the molecule is CN(CCOc1ccc(C[C@H](Nc2nc3ccccc3o2)C(=O)O)cc1)C(=O)C1CCCCC1. The zero-order valence-electron chi connectivity index (χ0n) is 19.4. The molecule has 1 aliphatic carbocycles. The van der Waals surface area contributed by atoms with Crippen LogP contribution in [-0.2, 0) is 16.0 Å². The van der Waals surface area contributed by atoms with Gasteiger partial charge in [0.05, 0.1) is 6.54 Å². The van der Waals surface area contributed by atoms with Crippen molar-refractivity contribution in [3.8, 4) is 5.75 Å². The van der Waals surface area contributed by atoms with Crippen LogP contribution in [0.25, 0.3) is 11.1 Å². The predicted molar refractivity (Wildman–Crippen MR) is 129 cm³/mol. The molecule has 0 unspecified atom stereocenters. The first-order chi connectivity index (χ1) is 16.5. The fourth-order valence-electron chi connectivity index (χ4n) is 4.31. The van der Waals surface area contributed by atoms with Gasteiger partial charge in [0.2, 0.25) is 5.91 Å². The first-order valence-electron chi connectivity index (χ1n) is 11.8. The van der Waals surface area contributed by atoms with E-state index in [1.807, 2.05) is 49.5 Å². The van der Waals surface area contributed by atoms with Crippen molar-refractivity contribution in [2.75, 3.05) is 25.5 Å². The molecule has 2 aromatic carbocycles. The number of hydrogen-bond donors (Lipinski definition) is 2. The van der Waals surface area contributed by atoms with Crippen molar-refractivity contribution in [1.29, 1.82) is 0 Å². The highest BCUT2D eigenvalue weighted by Crippen LogP contribution is 2.25. The van der Waals surface area contributed by atoms with E-state index in [-0.39, 0.29) is 24.3 Å². The van der Waals surface area contributed by atoms with Gasteiger partial charge in [0.1, 0.15) is 23.9 Å². The van der Waals surface area contributed by atoms with Gasteiger partial charge in [-0.25, -0.2) is 4.79 Å². The normalized spacial score (nSPS) is 15.1. The number of nitrogens with one attached hydrogen (secondary N) is 1. The first kappa shape index (κ1) is 23.6. The number of ether oxygens (including phenoxy) is 1. The lowest BCUT2D eigenvalue weighted by atomic mass is 9.88. The number of oxazole rings is 1. The Labute approximate surface area is 198 Å². The molecular formula is C26H31N3O5. The number of likely N-dealkylation sites (N-methyl/N-ethyl adjacent to an activating group) is 1. The molecule has 8 heteroatoms. The molecule has 0 aliphatic heterocycles. The van der Waals surface area contributed by atoms with Gasteiger partial charge in [-0.3, -0.25) is 4.79 Å². The van der Waals surface area contributed by atoms with Crippen molar-refractivity contribution in [3.63, 3.8) is 0 Å². The third-order valence-electron chi connectivity index (χ3n) is 6.28. The van der Waals surface area contributed by atoms with Gasteiger partial charge in [0.25, 0.3) is 6.01 Å². The topological polar surface area (TPSA) is 105 Å². The second kappa shape index (κ2) is 11.0. The third-order valence-corrected chi connectivity index (χ3v) is 6.28. The number of carbonyl (C=O) groups excluding carboxylic acids is 1. The molecule has 4 rings (SSSR count). The highest BCUT2D eigenvalue weighted by molar-refractivity contribution is 5.79. The molecule has 1 aliphatic rings. The Hall–Kier alpha value is -3.55. The highest BCUT2D eigenvalue weighted by atomic mass is 16.5. The maximum absolute atomic E-state index is 12.5. The molecule has 1 heterocycles. The van der Waals surface area contributed by atoms with Crippen molar-refractivity contribution < 1.29 is 23.8 Å². The molecule has 0 bridgehead atoms. The minimum atomic E-state index is -0.992. The Morgan fingerprint density at radius 1 is 1.15 bits per heavy atom. The molecule has 1 atom stereocenters. The van der Waals surface area contributed by atoms with Crippen molar-refractivity contribution in [3.05, 3.63) is 54.1 Å². The van der Waals surface area contributed by atoms with Gasteiger partial charge in [0, 0.05) is 19.4 Å². The summed E-state index contributed by atoms with van der Waals surface area (Å²) in [5.41, 5.74) is 2.11. The Balaban J connectivity index is 1.27. The number of carboxylic acids is 1. The maximum atomic E-state index is 12.5. The quantitative estimate of drug-likeness (QED) is 0.458. The van der Waals surface area contributed by atoms with Gasteiger partial charge >= 0.3 is 5.97 Å². The summed E-state index contributed by atoms with van der Waals surface area (Å²) in [7, 11) is 1.83. The van der Waals surface area contributed by atoms with E-state index in [0.717, 1.165) is 31.2 Å². The fourth-order valence-corrected chi connectivity index (χ4v) is 4.31. The van der Waals surface area contributed by atoms with Gasteiger partial charge in [0.15, 0.2) is 5.58 Å². The molecule has 1 fully saturated rings. The van der Waals surface area contributed by atoms with Crippen molar-refractivity contribution in [1.82, 2.24) is 9.88 Å². The van der Waals surface area contributed by atoms with Gasteiger partial charge in [-0.05, 0) is 42.7 Å². The van der Waals surface area contributed by atoms with Crippen molar-refractivity contribution >= 4 is 29.0 Å². The van der Waals surface area contributed by atoms with E-state index in [1.165, 1.54) is 6.42 Å². The number of amides is 1. The van der Waals surface area contributed by atoms with Gasteiger partial charge < -0.3 is 24.5 Å². The molecule has 0 radical (unpaired) electrons. The van der Waals surface area contributed by atoms with Gasteiger partial charge in [-0.1, -0.05) is 43.5 Å². The molecule has 0 saturated heterocycles. The van der Waals surface area contributed by atoms with Crippen molar-refractivity contribution in [2.24, 2.45) is 5.92 Å². The van der Waals surface area contributed by atoms with Crippen LogP contribution in [0.4, 0.5) is 6.01 Å². The molecule has 34 heavy (non-hydrogen) atoms. The van der Waals surface area contributed by atoms with Crippen LogP contribution in [0.1, 0.15) is 37.7 Å². The summed E-state index contributed by atoms with van der Waals surface area (Å²) in [6.45, 7) is 0.942. The Kier molecular flexibility index (Phi) is 7.67. The van der Waals surface area contributed by atoms with Crippen LogP contribution in [0, 0.1) is 5.92 Å². The van der Waals surface area contributed by atoms with E-state index in [0.29, 0.717) is 30.0 Å². The first-order valence-corrected chi connectivity index (χ1v) is 11.8. The fraction of sp³-hybridized carbons (Fsp3) is 0.423. The number of aliphatic carboxylic acids is 1. The number of fused-ring (bicyclic) bond motifs is 1. The Morgan fingerprint density at radius 3 is 2.59 bits per heavy atom. The largest absolute Gasteiger partial charge is 0.492 e. The number of anilines is 1. The molecule has 180 valence electrons. The van der Waals surface area contributed by atoms with Crippen LogP contribution in [0.2, 0.25) is 0 Å². The number of carbonyl (C=O) groups is 2. The minimum Gasteiger partial charge on any atom is -0.492 e. The molecule has 8 nitrogen and oxygen atoms in total. The number of aromatic nitrogens is 1. The van der Waals surface area contributed by atoms with E-state index in [2.05, 4.69) is 10.3 Å². The smallest absolute Gasteiger partial charge is 0.326 e. The molecule has 1 saturated carbocycles. The van der Waals surface area contributed by atoms with Gasteiger partial charge in [-0.2, -0.15) is 4.98 Å². The average molecular weight is 466 g/mol. The summed E-state index contributed by atoms with van der Waals surface area (Å²) < 4.78 is 11.4. The average Bonchev–Trinajstić information content (AvgIpc) is 3.27. The molecule has 1 amide bonds. The number of nitrogens with zero attached hydrogens (tertiary/aromatic N) is 2. The molecular weight excluding hydrogens is 434 g/mol. The Bertz CT molecular complexity index is 1070. The summed E-state index contributed by atoms with van der Waals surface area (Å²) in [5, 5.41) is 12.5. The van der Waals surface area contributed by atoms with Gasteiger partial charge in [-0.15, -0.1) is 0 Å². The maximum Gasteiger partial charge on any atom is 0.326 e. The predicted octanol–water partition coefficient (Wildman–Crippen LogP) is 4.35. The lowest BCUT2D eigenvalue weighted by Gasteiger charge is -2.26. The number of rotatable bonds is 10.